The van der Waals surface area contributed by atoms with E-state index in [1.165, 1.54) is 37.7 Å². The highest BCUT2D eigenvalue weighted by Crippen LogP contribution is 2.38. The fraction of sp³-hybridized carbons (Fsp3) is 0.278. The first-order valence-corrected chi connectivity index (χ1v) is 8.44. The Hall–Kier alpha value is -3.69. The molecule has 2 rings (SSSR count). The molecule has 0 unspecified atom stereocenters. The molecule has 10 nitrogen and oxygen atoms in total. The second kappa shape index (κ2) is 9.86. The van der Waals surface area contributed by atoms with Crippen molar-refractivity contribution in [1.82, 2.24) is 4.98 Å². The first kappa shape index (κ1) is 20.6. The van der Waals surface area contributed by atoms with Gasteiger partial charge in [-0.05, 0) is 24.6 Å². The van der Waals surface area contributed by atoms with Gasteiger partial charge in [-0.25, -0.2) is 9.78 Å². The summed E-state index contributed by atoms with van der Waals surface area (Å²) in [5, 5.41) is 24.2. The average molecular weight is 388 g/mol. The van der Waals surface area contributed by atoms with Crippen molar-refractivity contribution in [2.45, 2.75) is 19.8 Å². The number of aromatic nitrogens is 1. The molecule has 0 aliphatic rings. The van der Waals surface area contributed by atoms with Crippen LogP contribution in [0.3, 0.4) is 0 Å². The number of carboxylic acid groups (broad SMARTS) is 1. The van der Waals surface area contributed by atoms with Crippen LogP contribution in [0, 0.1) is 10.1 Å². The van der Waals surface area contributed by atoms with Gasteiger partial charge in [-0.3, -0.25) is 15.5 Å². The van der Waals surface area contributed by atoms with Crippen molar-refractivity contribution < 1.29 is 24.3 Å². The Morgan fingerprint density at radius 3 is 2.79 bits per heavy atom. The molecule has 1 aromatic carbocycles. The van der Waals surface area contributed by atoms with E-state index in [1.54, 1.807) is 6.07 Å². The number of benzene rings is 1. The fourth-order valence-corrected chi connectivity index (χ4v) is 2.19. The molecule has 0 radical (unpaired) electrons. The molecule has 2 N–H and O–H groups in total. The SMILES string of the molecule is CCCCOc1c(OC)cc(/C=N/Nc2ccc(C(=O)O)cn2)cc1[N+](=O)[O-]. The first-order chi connectivity index (χ1) is 13.5. The number of methoxy groups -OCH3 is 1. The number of unbranched alkanes of at least 4 members (excludes halogenated alkanes) is 1. The van der Waals surface area contributed by atoms with E-state index < -0.39 is 10.9 Å². The van der Waals surface area contributed by atoms with Crippen molar-refractivity contribution in [1.29, 1.82) is 0 Å². The number of nitrogens with one attached hydrogen (secondary N) is 1. The zero-order chi connectivity index (χ0) is 20.5. The number of nitro benzene ring substituents is 1. The molecule has 0 saturated carbocycles. The largest absolute Gasteiger partial charge is 0.493 e. The van der Waals surface area contributed by atoms with E-state index >= 15 is 0 Å². The van der Waals surface area contributed by atoms with Gasteiger partial charge in [0.2, 0.25) is 5.75 Å². The maximum absolute atomic E-state index is 11.4. The maximum atomic E-state index is 11.4. The lowest BCUT2D eigenvalue weighted by molar-refractivity contribution is -0.386. The predicted octanol–water partition coefficient (Wildman–Crippen LogP) is 3.32. The van der Waals surface area contributed by atoms with Gasteiger partial charge in [-0.15, -0.1) is 0 Å². The van der Waals surface area contributed by atoms with E-state index in [4.69, 9.17) is 14.6 Å². The fourth-order valence-electron chi connectivity index (χ4n) is 2.19. The van der Waals surface area contributed by atoms with Crippen LogP contribution in [-0.2, 0) is 0 Å². The lowest BCUT2D eigenvalue weighted by Crippen LogP contribution is -2.04. The number of nitrogens with zero attached hydrogens (tertiary/aromatic N) is 3. The minimum absolute atomic E-state index is 0.0496. The van der Waals surface area contributed by atoms with E-state index in [0.29, 0.717) is 18.0 Å². The number of rotatable bonds is 10. The van der Waals surface area contributed by atoms with E-state index in [1.807, 2.05) is 6.92 Å². The second-order valence-electron chi connectivity index (χ2n) is 5.64. The number of hydrazone groups is 1. The van der Waals surface area contributed by atoms with Gasteiger partial charge in [0.1, 0.15) is 5.82 Å². The molecule has 28 heavy (non-hydrogen) atoms. The molecule has 0 spiro atoms. The summed E-state index contributed by atoms with van der Waals surface area (Å²) in [7, 11) is 1.40. The Kier molecular flexibility index (Phi) is 7.26. The molecule has 1 aromatic heterocycles. The van der Waals surface area contributed by atoms with E-state index in [9.17, 15) is 14.9 Å². The van der Waals surface area contributed by atoms with E-state index in [2.05, 4.69) is 15.5 Å². The molecule has 0 fully saturated rings. The summed E-state index contributed by atoms with van der Waals surface area (Å²) in [5.74, 6) is -0.446. The third-order valence-corrected chi connectivity index (χ3v) is 3.62. The summed E-state index contributed by atoms with van der Waals surface area (Å²) in [5.41, 5.74) is 2.87. The van der Waals surface area contributed by atoms with Gasteiger partial charge in [-0.1, -0.05) is 13.3 Å². The first-order valence-electron chi connectivity index (χ1n) is 8.44. The van der Waals surface area contributed by atoms with Crippen LogP contribution in [-0.4, -0.2) is 40.9 Å². The van der Waals surface area contributed by atoms with Crippen molar-refractivity contribution in [3.63, 3.8) is 0 Å². The number of carboxylic acids is 1. The third-order valence-electron chi connectivity index (χ3n) is 3.62. The summed E-state index contributed by atoms with van der Waals surface area (Å²) in [6, 6.07) is 5.73. The third kappa shape index (κ3) is 5.40. The van der Waals surface area contributed by atoms with Gasteiger partial charge >= 0.3 is 11.7 Å². The van der Waals surface area contributed by atoms with Crippen molar-refractivity contribution >= 4 is 23.7 Å². The maximum Gasteiger partial charge on any atom is 0.337 e. The summed E-state index contributed by atoms with van der Waals surface area (Å²) in [6.45, 7) is 2.34. The van der Waals surface area contributed by atoms with Crippen LogP contribution < -0.4 is 14.9 Å². The number of ether oxygens (including phenoxy) is 2. The van der Waals surface area contributed by atoms with Crippen LogP contribution in [0.1, 0.15) is 35.7 Å². The van der Waals surface area contributed by atoms with Crippen LogP contribution in [0.15, 0.2) is 35.6 Å². The van der Waals surface area contributed by atoms with E-state index in [0.717, 1.165) is 12.8 Å². The molecule has 0 saturated heterocycles. The average Bonchev–Trinajstić information content (AvgIpc) is 2.68. The Balaban J connectivity index is 2.20. The zero-order valence-electron chi connectivity index (χ0n) is 15.4. The highest BCUT2D eigenvalue weighted by molar-refractivity contribution is 5.87. The lowest BCUT2D eigenvalue weighted by Gasteiger charge is -2.11. The molecule has 1 heterocycles. The van der Waals surface area contributed by atoms with Gasteiger partial charge in [0, 0.05) is 17.8 Å². The molecule has 0 aliphatic heterocycles. The molecular formula is C18H20N4O6. The number of anilines is 1. The Morgan fingerprint density at radius 1 is 1.43 bits per heavy atom. The second-order valence-corrected chi connectivity index (χ2v) is 5.64. The lowest BCUT2D eigenvalue weighted by atomic mass is 10.2. The van der Waals surface area contributed by atoms with Crippen LogP contribution in [0.5, 0.6) is 11.5 Å². The van der Waals surface area contributed by atoms with Crippen LogP contribution in [0.4, 0.5) is 11.5 Å². The Bertz CT molecular complexity index is 867. The van der Waals surface area contributed by atoms with Crippen molar-refractivity contribution in [2.24, 2.45) is 5.10 Å². The minimum atomic E-state index is -1.08. The van der Waals surface area contributed by atoms with Crippen LogP contribution in [0.2, 0.25) is 0 Å². The summed E-state index contributed by atoms with van der Waals surface area (Å²) in [4.78, 5) is 25.6. The number of carbonyl (C=O) groups is 1. The highest BCUT2D eigenvalue weighted by Gasteiger charge is 2.22. The number of hydrogen-bond donors (Lipinski definition) is 2. The zero-order valence-corrected chi connectivity index (χ0v) is 15.4. The van der Waals surface area contributed by atoms with Crippen molar-refractivity contribution in [3.05, 3.63) is 51.7 Å². The molecule has 0 aliphatic carbocycles. The number of aromatic carboxylic acids is 1. The molecular weight excluding hydrogens is 368 g/mol. The highest BCUT2D eigenvalue weighted by atomic mass is 16.6. The smallest absolute Gasteiger partial charge is 0.337 e. The molecule has 0 bridgehead atoms. The molecule has 0 amide bonds. The summed E-state index contributed by atoms with van der Waals surface area (Å²) in [6.07, 6.45) is 4.21. The quantitative estimate of drug-likeness (QED) is 0.274. The standard InChI is InChI=1S/C18H20N4O6/c1-3-4-7-28-17-14(22(25)26)8-12(9-15(17)27-2)10-20-21-16-6-5-13(11-19-16)18(23)24/h5-6,8-11H,3-4,7H2,1-2H3,(H,19,21)(H,23,24)/b20-10+. The van der Waals surface area contributed by atoms with Crippen LogP contribution >= 0.6 is 0 Å². The molecule has 0 atom stereocenters. The Labute approximate surface area is 161 Å². The molecule has 2 aromatic rings. The minimum Gasteiger partial charge on any atom is -0.493 e. The number of hydrogen-bond acceptors (Lipinski definition) is 8. The topological polar surface area (TPSA) is 136 Å². The van der Waals surface area contributed by atoms with Crippen molar-refractivity contribution in [3.8, 4) is 11.5 Å². The van der Waals surface area contributed by atoms with Crippen LogP contribution in [0.25, 0.3) is 0 Å². The number of pyridine rings is 1. The normalized spacial score (nSPS) is 10.6. The van der Waals surface area contributed by atoms with Gasteiger partial charge in [0.15, 0.2) is 5.75 Å². The van der Waals surface area contributed by atoms with Gasteiger partial charge in [-0.2, -0.15) is 5.10 Å². The molecule has 148 valence electrons. The summed E-state index contributed by atoms with van der Waals surface area (Å²) >= 11 is 0. The molecule has 10 heteroatoms. The predicted molar refractivity (Wildman–Crippen MR) is 102 cm³/mol. The van der Waals surface area contributed by atoms with Gasteiger partial charge in [0.05, 0.1) is 30.4 Å². The summed E-state index contributed by atoms with van der Waals surface area (Å²) < 4.78 is 10.8. The van der Waals surface area contributed by atoms with Crippen molar-refractivity contribution in [2.75, 3.05) is 19.1 Å². The van der Waals surface area contributed by atoms with Gasteiger partial charge < -0.3 is 14.6 Å². The monoisotopic (exact) mass is 388 g/mol. The van der Waals surface area contributed by atoms with E-state index in [-0.39, 0.29) is 22.7 Å². The number of nitro groups is 1. The van der Waals surface area contributed by atoms with Gasteiger partial charge in [0.25, 0.3) is 0 Å². The Morgan fingerprint density at radius 2 is 2.21 bits per heavy atom.